The van der Waals surface area contributed by atoms with E-state index < -0.39 is 0 Å². The first kappa shape index (κ1) is 22.1. The first-order chi connectivity index (χ1) is 15.9. The number of anilines is 2. The second-order valence-corrected chi connectivity index (χ2v) is 7.99. The molecule has 1 N–H and O–H groups in total. The van der Waals surface area contributed by atoms with Gasteiger partial charge in [-0.25, -0.2) is 0 Å². The summed E-state index contributed by atoms with van der Waals surface area (Å²) >= 11 is 0. The molecule has 4 rings (SSSR count). The molecule has 0 spiro atoms. The summed E-state index contributed by atoms with van der Waals surface area (Å²) in [6.07, 6.45) is 0. The average molecular weight is 442 g/mol. The van der Waals surface area contributed by atoms with Crippen molar-refractivity contribution < 1.29 is 9.53 Å². The Kier molecular flexibility index (Phi) is 6.40. The molecule has 0 saturated carbocycles. The van der Waals surface area contributed by atoms with E-state index >= 15 is 0 Å². The summed E-state index contributed by atoms with van der Waals surface area (Å²) < 4.78 is 6.57. The zero-order chi connectivity index (χ0) is 23.4. The third kappa shape index (κ3) is 5.03. The number of aryl methyl sites for hydroxylation is 1. The van der Waals surface area contributed by atoms with Gasteiger partial charge in [-0.2, -0.15) is 9.67 Å². The van der Waals surface area contributed by atoms with Gasteiger partial charge in [0.15, 0.2) is 5.82 Å². The zero-order valence-electron chi connectivity index (χ0n) is 19.2. The molecule has 168 valence electrons. The number of nitrogens with one attached hydrogen (secondary N) is 1. The molecule has 0 amide bonds. The molecular weight excluding hydrogens is 414 g/mol. The molecule has 0 aliphatic carbocycles. The van der Waals surface area contributed by atoms with E-state index in [9.17, 15) is 4.79 Å². The maximum Gasteiger partial charge on any atom is 0.281 e. The second kappa shape index (κ2) is 9.56. The minimum Gasteiger partial charge on any atom is -0.497 e. The van der Waals surface area contributed by atoms with Crippen molar-refractivity contribution in [1.29, 1.82) is 0 Å². The number of hydrogen-bond acceptors (Lipinski definition) is 6. The van der Waals surface area contributed by atoms with Gasteiger partial charge in [0.25, 0.3) is 5.91 Å². The van der Waals surface area contributed by atoms with Crippen molar-refractivity contribution in [2.75, 3.05) is 31.4 Å². The van der Waals surface area contributed by atoms with Crippen LogP contribution in [0.4, 0.5) is 11.6 Å². The summed E-state index contributed by atoms with van der Waals surface area (Å²) in [6.45, 7) is 2.47. The van der Waals surface area contributed by atoms with Gasteiger partial charge in [-0.15, -0.1) is 5.10 Å². The van der Waals surface area contributed by atoms with Crippen molar-refractivity contribution >= 4 is 17.5 Å². The topological polar surface area (TPSA) is 72.3 Å². The fourth-order valence-corrected chi connectivity index (χ4v) is 3.42. The highest BCUT2D eigenvalue weighted by Crippen LogP contribution is 2.22. The highest BCUT2D eigenvalue weighted by Gasteiger charge is 2.19. The normalized spacial score (nSPS) is 10.7. The number of carbonyl (C=O) groups excluding carboxylic acids is 1. The molecule has 0 unspecified atom stereocenters. The SMILES string of the molecule is COc1ccc(-c2nc(NCc3ccc(N(C)C)cc3)n(C(=O)c3cccc(C)c3)n2)cc1. The Morgan fingerprint density at radius 1 is 1.03 bits per heavy atom. The van der Waals surface area contributed by atoms with Crippen molar-refractivity contribution in [2.24, 2.45) is 0 Å². The third-order valence-corrected chi connectivity index (χ3v) is 5.32. The van der Waals surface area contributed by atoms with Gasteiger partial charge in [0, 0.05) is 37.5 Å². The Morgan fingerprint density at radius 3 is 2.39 bits per heavy atom. The van der Waals surface area contributed by atoms with E-state index in [1.807, 2.05) is 63.5 Å². The van der Waals surface area contributed by atoms with Gasteiger partial charge >= 0.3 is 0 Å². The minimum atomic E-state index is -0.239. The molecule has 0 atom stereocenters. The molecule has 0 saturated heterocycles. The van der Waals surface area contributed by atoms with E-state index in [1.54, 1.807) is 13.2 Å². The van der Waals surface area contributed by atoms with Crippen LogP contribution in [-0.4, -0.2) is 41.9 Å². The smallest absolute Gasteiger partial charge is 0.281 e. The Balaban J connectivity index is 1.65. The van der Waals surface area contributed by atoms with E-state index in [0.717, 1.165) is 28.1 Å². The van der Waals surface area contributed by atoms with E-state index in [0.29, 0.717) is 23.9 Å². The van der Waals surface area contributed by atoms with Crippen LogP contribution >= 0.6 is 0 Å². The van der Waals surface area contributed by atoms with Gasteiger partial charge in [-0.3, -0.25) is 4.79 Å². The van der Waals surface area contributed by atoms with Crippen LogP contribution in [0.1, 0.15) is 21.5 Å². The molecule has 33 heavy (non-hydrogen) atoms. The van der Waals surface area contributed by atoms with Gasteiger partial charge in [-0.05, 0) is 61.0 Å². The average Bonchev–Trinajstić information content (AvgIpc) is 3.26. The number of nitrogens with zero attached hydrogens (tertiary/aromatic N) is 4. The summed E-state index contributed by atoms with van der Waals surface area (Å²) in [5.74, 6) is 1.36. The molecule has 1 aromatic heterocycles. The molecule has 7 heteroatoms. The number of ether oxygens (including phenoxy) is 1. The molecule has 7 nitrogen and oxygen atoms in total. The van der Waals surface area contributed by atoms with E-state index in [-0.39, 0.29) is 5.91 Å². The van der Waals surface area contributed by atoms with Crippen LogP contribution in [0, 0.1) is 6.92 Å². The Morgan fingerprint density at radius 2 is 1.76 bits per heavy atom. The maximum atomic E-state index is 13.3. The summed E-state index contributed by atoms with van der Waals surface area (Å²) in [7, 11) is 5.64. The van der Waals surface area contributed by atoms with Crippen molar-refractivity contribution in [2.45, 2.75) is 13.5 Å². The lowest BCUT2D eigenvalue weighted by atomic mass is 10.1. The van der Waals surface area contributed by atoms with Crippen molar-refractivity contribution in [3.05, 3.63) is 89.5 Å². The molecule has 0 bridgehead atoms. The van der Waals surface area contributed by atoms with Crippen LogP contribution < -0.4 is 15.0 Å². The van der Waals surface area contributed by atoms with Crippen molar-refractivity contribution in [3.63, 3.8) is 0 Å². The zero-order valence-corrected chi connectivity index (χ0v) is 19.2. The lowest BCUT2D eigenvalue weighted by Gasteiger charge is -2.13. The van der Waals surface area contributed by atoms with E-state index in [1.165, 1.54) is 4.68 Å². The van der Waals surface area contributed by atoms with Crippen molar-refractivity contribution in [3.8, 4) is 17.1 Å². The molecule has 3 aromatic carbocycles. The summed E-state index contributed by atoms with van der Waals surface area (Å²) in [6, 6.07) is 23.1. The largest absolute Gasteiger partial charge is 0.497 e. The van der Waals surface area contributed by atoms with Crippen LogP contribution in [0.5, 0.6) is 5.75 Å². The van der Waals surface area contributed by atoms with Crippen LogP contribution in [-0.2, 0) is 6.54 Å². The first-order valence-corrected chi connectivity index (χ1v) is 10.7. The Labute approximate surface area is 193 Å². The number of rotatable bonds is 7. The molecule has 0 fully saturated rings. The van der Waals surface area contributed by atoms with Gasteiger partial charge in [0.2, 0.25) is 5.95 Å². The van der Waals surface area contributed by atoms with Gasteiger partial charge in [0.1, 0.15) is 5.75 Å². The Hall–Kier alpha value is -4.13. The van der Waals surface area contributed by atoms with E-state index in [4.69, 9.17) is 4.74 Å². The number of aromatic nitrogens is 3. The van der Waals surface area contributed by atoms with Gasteiger partial charge < -0.3 is 15.0 Å². The Bertz CT molecular complexity index is 1240. The first-order valence-electron chi connectivity index (χ1n) is 10.7. The maximum absolute atomic E-state index is 13.3. The van der Waals surface area contributed by atoms with Crippen LogP contribution in [0.2, 0.25) is 0 Å². The minimum absolute atomic E-state index is 0.239. The predicted octanol–water partition coefficient (Wildman–Crippen LogP) is 4.63. The molecule has 0 aliphatic rings. The lowest BCUT2D eigenvalue weighted by Crippen LogP contribution is -2.17. The molecular formula is C26H27N5O2. The summed E-state index contributed by atoms with van der Waals surface area (Å²) in [5, 5.41) is 7.82. The predicted molar refractivity (Wildman–Crippen MR) is 131 cm³/mol. The molecule has 0 radical (unpaired) electrons. The summed E-state index contributed by atoms with van der Waals surface area (Å²) in [5.41, 5.74) is 4.55. The highest BCUT2D eigenvalue weighted by molar-refractivity contribution is 5.97. The highest BCUT2D eigenvalue weighted by atomic mass is 16.5. The lowest BCUT2D eigenvalue weighted by molar-refractivity contribution is 0.0947. The van der Waals surface area contributed by atoms with Gasteiger partial charge in [-0.1, -0.05) is 29.8 Å². The fourth-order valence-electron chi connectivity index (χ4n) is 3.42. The number of benzene rings is 3. The van der Waals surface area contributed by atoms with Crippen LogP contribution in [0.3, 0.4) is 0 Å². The molecule has 1 heterocycles. The van der Waals surface area contributed by atoms with Crippen LogP contribution in [0.25, 0.3) is 11.4 Å². The quantitative estimate of drug-likeness (QED) is 0.451. The number of methoxy groups -OCH3 is 1. The number of hydrogen-bond donors (Lipinski definition) is 1. The number of carbonyl (C=O) groups is 1. The second-order valence-electron chi connectivity index (χ2n) is 7.99. The standard InChI is InChI=1S/C26H27N5O2/c1-18-6-5-7-21(16-18)25(32)31-26(27-17-19-8-12-22(13-9-19)30(2)3)28-24(29-31)20-10-14-23(33-4)15-11-20/h5-16H,17H2,1-4H3,(H,27,28,29). The third-order valence-electron chi connectivity index (χ3n) is 5.32. The molecule has 0 aliphatic heterocycles. The van der Waals surface area contributed by atoms with Gasteiger partial charge in [0.05, 0.1) is 7.11 Å². The fraction of sp³-hybridized carbons (Fsp3) is 0.192. The summed E-state index contributed by atoms with van der Waals surface area (Å²) in [4.78, 5) is 20.0. The monoisotopic (exact) mass is 441 g/mol. The van der Waals surface area contributed by atoms with E-state index in [2.05, 4.69) is 44.6 Å². The van der Waals surface area contributed by atoms with Crippen LogP contribution in [0.15, 0.2) is 72.8 Å². The van der Waals surface area contributed by atoms with Crippen molar-refractivity contribution in [1.82, 2.24) is 14.8 Å². The molecule has 4 aromatic rings.